The zero-order chi connectivity index (χ0) is 10.3. The number of hydrogen-bond donors (Lipinski definition) is 0. The molecule has 0 aliphatic carbocycles. The monoisotopic (exact) mass is 369 g/mol. The number of fused-ring (bicyclic) bond motifs is 1. The summed E-state index contributed by atoms with van der Waals surface area (Å²) in [7, 11) is 0. The van der Waals surface area contributed by atoms with Crippen molar-refractivity contribution in [1.29, 1.82) is 0 Å². The topological polar surface area (TPSA) is 12.9 Å². The minimum Gasteiger partial charge on any atom is -0.263 e. The van der Waals surface area contributed by atoms with Gasteiger partial charge < -0.3 is 0 Å². The van der Waals surface area contributed by atoms with Crippen LogP contribution in [0.5, 0.6) is 0 Å². The largest absolute Gasteiger partial charge is 0.263 e. The molecule has 1 nitrogen and oxygen atoms in total. The van der Waals surface area contributed by atoms with Gasteiger partial charge in [-0.3, -0.25) is 4.98 Å². The van der Waals surface area contributed by atoms with E-state index in [1.165, 1.54) is 12.4 Å². The van der Waals surface area contributed by atoms with Crippen LogP contribution in [-0.4, -0.2) is 4.98 Å². The third-order valence-corrected chi connectivity index (χ3v) is 3.31. The first-order valence-corrected chi connectivity index (χ1v) is 5.55. The Morgan fingerprint density at radius 1 is 1.29 bits per heavy atom. The van der Waals surface area contributed by atoms with Gasteiger partial charge in [-0.05, 0) is 44.6 Å². The van der Waals surface area contributed by atoms with Crippen LogP contribution in [0.2, 0.25) is 0 Å². The highest BCUT2D eigenvalue weighted by molar-refractivity contribution is 14.1. The maximum Gasteiger partial charge on any atom is 0.167 e. The summed E-state index contributed by atoms with van der Waals surface area (Å²) in [4.78, 5) is 3.92. The molecule has 0 aliphatic heterocycles. The molecule has 0 aliphatic rings. The molecule has 0 saturated heterocycles. The molecule has 0 saturated carbocycles. The molecule has 2 aromatic rings. The van der Waals surface area contributed by atoms with E-state index in [4.69, 9.17) is 0 Å². The Hall–Kier alpha value is -0.300. The second kappa shape index (κ2) is 3.69. The number of aromatic nitrogens is 1. The lowest BCUT2D eigenvalue weighted by Gasteiger charge is -2.04. The predicted molar refractivity (Wildman–Crippen MR) is 62.1 cm³/mol. The van der Waals surface area contributed by atoms with Crippen LogP contribution < -0.4 is 0 Å². The summed E-state index contributed by atoms with van der Waals surface area (Å²) >= 11 is 5.09. The molecule has 1 aromatic heterocycles. The fraction of sp³-hybridized carbons (Fsp3) is 0. The van der Waals surface area contributed by atoms with Crippen LogP contribution in [0.15, 0.2) is 22.9 Å². The highest BCUT2D eigenvalue weighted by Crippen LogP contribution is 2.30. The quantitative estimate of drug-likeness (QED) is 0.507. The molecule has 2 rings (SSSR count). The van der Waals surface area contributed by atoms with Gasteiger partial charge in [-0.15, -0.1) is 0 Å². The summed E-state index contributed by atoms with van der Waals surface area (Å²) in [6.07, 6.45) is 3.00. The van der Waals surface area contributed by atoms with Crippen molar-refractivity contribution in [2.75, 3.05) is 0 Å². The van der Waals surface area contributed by atoms with Crippen molar-refractivity contribution >= 4 is 49.3 Å². The molecule has 0 N–H and O–H groups in total. The molecule has 72 valence electrons. The Balaban J connectivity index is 3.03. The average Bonchev–Trinajstić information content (AvgIpc) is 2.14. The molecule has 0 bridgehead atoms. The van der Waals surface area contributed by atoms with E-state index in [1.54, 1.807) is 0 Å². The summed E-state index contributed by atoms with van der Waals surface area (Å²) < 4.78 is 27.6. The molecule has 14 heavy (non-hydrogen) atoms. The molecule has 5 heteroatoms. The van der Waals surface area contributed by atoms with Crippen LogP contribution in [-0.2, 0) is 0 Å². The maximum atomic E-state index is 13.4. The van der Waals surface area contributed by atoms with Crippen LogP contribution in [0.25, 0.3) is 10.8 Å². The third-order valence-electron chi connectivity index (χ3n) is 1.84. The lowest BCUT2D eigenvalue weighted by atomic mass is 10.1. The van der Waals surface area contributed by atoms with E-state index < -0.39 is 11.6 Å². The highest BCUT2D eigenvalue weighted by Gasteiger charge is 2.13. The summed E-state index contributed by atoms with van der Waals surface area (Å²) in [6.45, 7) is 0. The van der Waals surface area contributed by atoms with Gasteiger partial charge in [0, 0.05) is 31.2 Å². The van der Waals surface area contributed by atoms with E-state index >= 15 is 0 Å². The van der Waals surface area contributed by atoms with Crippen LogP contribution >= 0.6 is 38.5 Å². The second-order valence-electron chi connectivity index (χ2n) is 2.70. The molecule has 0 amide bonds. The maximum absolute atomic E-state index is 13.4. The predicted octanol–water partition coefficient (Wildman–Crippen LogP) is 3.88. The van der Waals surface area contributed by atoms with Crippen molar-refractivity contribution < 1.29 is 8.78 Å². The summed E-state index contributed by atoms with van der Waals surface area (Å²) in [6, 6.07) is 1.11. The first-order chi connectivity index (χ1) is 6.61. The van der Waals surface area contributed by atoms with Crippen molar-refractivity contribution in [3.8, 4) is 0 Å². The molecule has 0 unspecified atom stereocenters. The molecule has 0 spiro atoms. The fourth-order valence-corrected chi connectivity index (χ4v) is 2.40. The molecule has 1 heterocycles. The van der Waals surface area contributed by atoms with Crippen molar-refractivity contribution in [2.24, 2.45) is 0 Å². The minimum atomic E-state index is -0.853. The summed E-state index contributed by atoms with van der Waals surface area (Å²) in [5.74, 6) is -1.68. The lowest BCUT2D eigenvalue weighted by Crippen LogP contribution is -1.91. The Kier molecular flexibility index (Phi) is 2.70. The third kappa shape index (κ3) is 1.52. The van der Waals surface area contributed by atoms with Gasteiger partial charge in [0.2, 0.25) is 0 Å². The molecular weight excluding hydrogens is 367 g/mol. The van der Waals surface area contributed by atoms with Crippen molar-refractivity contribution in [1.82, 2.24) is 4.98 Å². The average molecular weight is 370 g/mol. The smallest absolute Gasteiger partial charge is 0.167 e. The zero-order valence-electron chi connectivity index (χ0n) is 6.69. The van der Waals surface area contributed by atoms with E-state index in [0.29, 0.717) is 13.4 Å². The second-order valence-corrected chi connectivity index (χ2v) is 4.71. The van der Waals surface area contributed by atoms with Gasteiger partial charge in [-0.25, -0.2) is 8.78 Å². The van der Waals surface area contributed by atoms with E-state index in [-0.39, 0.29) is 5.39 Å². The fourth-order valence-electron chi connectivity index (χ4n) is 1.21. The van der Waals surface area contributed by atoms with E-state index in [0.717, 1.165) is 6.07 Å². The highest BCUT2D eigenvalue weighted by atomic mass is 127. The van der Waals surface area contributed by atoms with Gasteiger partial charge in [0.15, 0.2) is 11.6 Å². The first-order valence-electron chi connectivity index (χ1n) is 3.68. The van der Waals surface area contributed by atoms with Gasteiger partial charge in [0.1, 0.15) is 0 Å². The van der Waals surface area contributed by atoms with Gasteiger partial charge in [0.25, 0.3) is 0 Å². The molecular formula is C9H3BrF2IN. The summed E-state index contributed by atoms with van der Waals surface area (Å²) in [5.41, 5.74) is 0. The van der Waals surface area contributed by atoms with Crippen LogP contribution in [0, 0.1) is 15.2 Å². The van der Waals surface area contributed by atoms with Crippen molar-refractivity contribution in [2.45, 2.75) is 0 Å². The number of rotatable bonds is 0. The molecule has 0 radical (unpaired) electrons. The van der Waals surface area contributed by atoms with E-state index in [9.17, 15) is 8.78 Å². The van der Waals surface area contributed by atoms with Gasteiger partial charge >= 0.3 is 0 Å². The Morgan fingerprint density at radius 2 is 2.00 bits per heavy atom. The standard InChI is InChI=1S/C9H3BrF2IN/c10-5-1-6(11)9(12)8-4(5)2-14-3-7(8)13/h1-3H. The molecule has 0 atom stereocenters. The van der Waals surface area contributed by atoms with Gasteiger partial charge in [-0.2, -0.15) is 0 Å². The number of halogens is 4. The number of benzene rings is 1. The van der Waals surface area contributed by atoms with Crippen molar-refractivity contribution in [3.05, 3.63) is 38.1 Å². The number of nitrogens with zero attached hydrogens (tertiary/aromatic N) is 1. The van der Waals surface area contributed by atoms with Crippen LogP contribution in [0.3, 0.4) is 0 Å². The number of hydrogen-bond acceptors (Lipinski definition) is 1. The van der Waals surface area contributed by atoms with Crippen LogP contribution in [0.4, 0.5) is 8.78 Å². The van der Waals surface area contributed by atoms with Gasteiger partial charge in [-0.1, -0.05) is 0 Å². The van der Waals surface area contributed by atoms with Crippen molar-refractivity contribution in [3.63, 3.8) is 0 Å². The van der Waals surface area contributed by atoms with E-state index in [2.05, 4.69) is 20.9 Å². The Bertz CT molecular complexity index is 516. The first kappa shape index (κ1) is 10.2. The minimum absolute atomic E-state index is 0.271. The van der Waals surface area contributed by atoms with Crippen LogP contribution in [0.1, 0.15) is 0 Å². The van der Waals surface area contributed by atoms with Gasteiger partial charge in [0.05, 0.1) is 0 Å². The number of pyridine rings is 1. The Labute approximate surface area is 101 Å². The van der Waals surface area contributed by atoms with E-state index in [1.807, 2.05) is 22.6 Å². The molecule has 1 aromatic carbocycles. The molecule has 0 fully saturated rings. The Morgan fingerprint density at radius 3 is 2.71 bits per heavy atom. The zero-order valence-corrected chi connectivity index (χ0v) is 10.4. The lowest BCUT2D eigenvalue weighted by molar-refractivity contribution is 0.516. The SMILES string of the molecule is Fc1cc(Br)c2cncc(I)c2c1F. The summed E-state index contributed by atoms with van der Waals surface area (Å²) in [5, 5.41) is 0.850. The normalized spacial score (nSPS) is 10.9.